The second-order valence-corrected chi connectivity index (χ2v) is 8.09. The highest BCUT2D eigenvalue weighted by Gasteiger charge is 2.27. The van der Waals surface area contributed by atoms with E-state index in [0.717, 1.165) is 48.8 Å². The summed E-state index contributed by atoms with van der Waals surface area (Å²) >= 11 is 1.76. The van der Waals surface area contributed by atoms with Crippen molar-refractivity contribution in [1.29, 1.82) is 0 Å². The third-order valence-corrected chi connectivity index (χ3v) is 6.28. The molecule has 0 unspecified atom stereocenters. The summed E-state index contributed by atoms with van der Waals surface area (Å²) in [5.41, 5.74) is 4.65. The molecule has 1 aromatic heterocycles. The molecule has 3 aromatic rings. The number of amides is 1. The molecule has 6 heteroatoms. The lowest BCUT2D eigenvalue weighted by Crippen LogP contribution is -2.49. The summed E-state index contributed by atoms with van der Waals surface area (Å²) in [6.45, 7) is 7.02. The van der Waals surface area contributed by atoms with Gasteiger partial charge in [-0.1, -0.05) is 30.3 Å². The molecule has 1 aliphatic rings. The number of piperazine rings is 1. The fourth-order valence-corrected chi connectivity index (χ4v) is 4.59. The summed E-state index contributed by atoms with van der Waals surface area (Å²) in [6, 6.07) is 18.4. The lowest BCUT2D eigenvalue weighted by molar-refractivity contribution is 0.0745. The maximum absolute atomic E-state index is 13.3. The Balaban J connectivity index is 1.51. The predicted molar refractivity (Wildman–Crippen MR) is 119 cm³/mol. The molecule has 0 spiro atoms. The van der Waals surface area contributed by atoms with Gasteiger partial charge < -0.3 is 9.80 Å². The van der Waals surface area contributed by atoms with Gasteiger partial charge in [-0.05, 0) is 44.4 Å². The van der Waals surface area contributed by atoms with Gasteiger partial charge >= 0.3 is 0 Å². The van der Waals surface area contributed by atoms with Gasteiger partial charge in [0.05, 0.1) is 28.3 Å². The first-order valence-corrected chi connectivity index (χ1v) is 11.1. The Hall–Kier alpha value is -2.73. The second-order valence-electron chi connectivity index (χ2n) is 7.24. The first kappa shape index (κ1) is 19.6. The number of para-hydroxylation sites is 2. The van der Waals surface area contributed by atoms with Crippen molar-refractivity contribution in [2.24, 2.45) is 0 Å². The molecule has 0 radical (unpaired) electrons. The number of aromatic nitrogens is 2. The molecule has 1 aliphatic heterocycles. The minimum Gasteiger partial charge on any atom is -0.367 e. The van der Waals surface area contributed by atoms with Crippen LogP contribution in [0.25, 0.3) is 5.69 Å². The number of nitrogens with zero attached hydrogens (tertiary/aromatic N) is 4. The van der Waals surface area contributed by atoms with Gasteiger partial charge in [0, 0.05) is 31.1 Å². The number of rotatable bonds is 4. The van der Waals surface area contributed by atoms with Gasteiger partial charge in [-0.2, -0.15) is 5.10 Å². The summed E-state index contributed by atoms with van der Waals surface area (Å²) in [7, 11) is 0. The Morgan fingerprint density at radius 1 is 0.931 bits per heavy atom. The standard InChI is InChI=1S/C23H26N4OS/c1-17-22(18(2)27(24-17)19-9-5-4-6-10-19)23(28)26-15-13-25(14-16-26)20-11-7-8-12-21(20)29-3/h4-12H,13-16H2,1-3H3. The molecular weight excluding hydrogens is 380 g/mol. The summed E-state index contributed by atoms with van der Waals surface area (Å²) < 4.78 is 1.87. The fourth-order valence-electron chi connectivity index (χ4n) is 3.97. The Morgan fingerprint density at radius 3 is 2.28 bits per heavy atom. The van der Waals surface area contributed by atoms with Crippen LogP contribution in [0.5, 0.6) is 0 Å². The largest absolute Gasteiger partial charge is 0.367 e. The smallest absolute Gasteiger partial charge is 0.257 e. The molecule has 2 heterocycles. The van der Waals surface area contributed by atoms with Crippen LogP contribution in [0.15, 0.2) is 59.5 Å². The van der Waals surface area contributed by atoms with Gasteiger partial charge in [-0.3, -0.25) is 4.79 Å². The van der Waals surface area contributed by atoms with Crippen LogP contribution in [0.2, 0.25) is 0 Å². The van der Waals surface area contributed by atoms with Gasteiger partial charge in [0.15, 0.2) is 0 Å². The minimum absolute atomic E-state index is 0.0833. The van der Waals surface area contributed by atoms with Crippen LogP contribution in [0.3, 0.4) is 0 Å². The maximum atomic E-state index is 13.3. The van der Waals surface area contributed by atoms with Crippen LogP contribution in [-0.2, 0) is 0 Å². The van der Waals surface area contributed by atoms with Crippen LogP contribution < -0.4 is 4.90 Å². The number of carbonyl (C=O) groups is 1. The van der Waals surface area contributed by atoms with Crippen molar-refractivity contribution >= 4 is 23.4 Å². The highest BCUT2D eigenvalue weighted by molar-refractivity contribution is 7.98. The minimum atomic E-state index is 0.0833. The molecule has 0 aliphatic carbocycles. The van der Waals surface area contributed by atoms with Crippen LogP contribution in [-0.4, -0.2) is 53.0 Å². The summed E-state index contributed by atoms with van der Waals surface area (Å²) in [5, 5.41) is 4.64. The number of aryl methyl sites for hydroxylation is 1. The van der Waals surface area contributed by atoms with E-state index >= 15 is 0 Å². The van der Waals surface area contributed by atoms with Crippen molar-refractivity contribution in [2.75, 3.05) is 37.3 Å². The summed E-state index contributed by atoms with van der Waals surface area (Å²) in [6.07, 6.45) is 2.11. The van der Waals surface area contributed by atoms with Crippen LogP contribution in [0, 0.1) is 13.8 Å². The Kier molecular flexibility index (Phi) is 5.62. The lowest BCUT2D eigenvalue weighted by Gasteiger charge is -2.37. The van der Waals surface area contributed by atoms with Gasteiger partial charge in [-0.25, -0.2) is 4.68 Å². The number of hydrogen-bond donors (Lipinski definition) is 0. The van der Waals surface area contributed by atoms with Crippen LogP contribution in [0.4, 0.5) is 5.69 Å². The molecule has 1 saturated heterocycles. The Labute approximate surface area is 176 Å². The molecule has 1 amide bonds. The molecule has 150 valence electrons. The number of carbonyl (C=O) groups excluding carboxylic acids is 1. The van der Waals surface area contributed by atoms with Gasteiger partial charge in [0.2, 0.25) is 0 Å². The third kappa shape index (κ3) is 3.77. The molecule has 2 aromatic carbocycles. The van der Waals surface area contributed by atoms with E-state index in [4.69, 9.17) is 0 Å². The molecule has 5 nitrogen and oxygen atoms in total. The van der Waals surface area contributed by atoms with Gasteiger partial charge in [0.25, 0.3) is 5.91 Å². The average molecular weight is 407 g/mol. The SMILES string of the molecule is CSc1ccccc1N1CCN(C(=O)c2c(C)nn(-c3ccccc3)c2C)CC1. The molecule has 1 fully saturated rings. The fraction of sp³-hybridized carbons (Fsp3) is 0.304. The van der Waals surface area contributed by atoms with Crippen molar-refractivity contribution in [3.63, 3.8) is 0 Å². The summed E-state index contributed by atoms with van der Waals surface area (Å²) in [5.74, 6) is 0.0833. The highest BCUT2D eigenvalue weighted by Crippen LogP contribution is 2.29. The normalized spacial score (nSPS) is 14.3. The van der Waals surface area contributed by atoms with E-state index < -0.39 is 0 Å². The van der Waals surface area contributed by atoms with Crippen LogP contribution >= 0.6 is 11.8 Å². The van der Waals surface area contributed by atoms with Crippen molar-refractivity contribution in [3.8, 4) is 5.69 Å². The van der Waals surface area contributed by atoms with Gasteiger partial charge in [0.1, 0.15) is 0 Å². The third-order valence-electron chi connectivity index (χ3n) is 5.50. The van der Waals surface area contributed by atoms with E-state index in [-0.39, 0.29) is 5.91 Å². The van der Waals surface area contributed by atoms with E-state index in [2.05, 4.69) is 40.5 Å². The second kappa shape index (κ2) is 8.33. The molecule has 29 heavy (non-hydrogen) atoms. The first-order valence-electron chi connectivity index (χ1n) is 9.89. The van der Waals surface area contributed by atoms with E-state index in [9.17, 15) is 4.79 Å². The topological polar surface area (TPSA) is 41.4 Å². The zero-order chi connectivity index (χ0) is 20.4. The lowest BCUT2D eigenvalue weighted by atomic mass is 10.1. The summed E-state index contributed by atoms with van der Waals surface area (Å²) in [4.78, 5) is 18.9. The molecule has 0 atom stereocenters. The zero-order valence-electron chi connectivity index (χ0n) is 17.1. The van der Waals surface area contributed by atoms with Crippen molar-refractivity contribution in [1.82, 2.24) is 14.7 Å². The average Bonchev–Trinajstić information content (AvgIpc) is 3.08. The molecule has 4 rings (SSSR count). The molecular formula is C23H26N4OS. The van der Waals surface area contributed by atoms with Crippen molar-refractivity contribution in [3.05, 3.63) is 71.5 Å². The van der Waals surface area contributed by atoms with Crippen LogP contribution in [0.1, 0.15) is 21.7 Å². The van der Waals surface area contributed by atoms with Crippen molar-refractivity contribution < 1.29 is 4.79 Å². The molecule has 0 N–H and O–H groups in total. The van der Waals surface area contributed by atoms with E-state index in [1.165, 1.54) is 10.6 Å². The number of hydrogen-bond acceptors (Lipinski definition) is 4. The number of benzene rings is 2. The quantitative estimate of drug-likeness (QED) is 0.610. The molecule has 0 bridgehead atoms. The van der Waals surface area contributed by atoms with E-state index in [0.29, 0.717) is 0 Å². The predicted octanol–water partition coefficient (Wildman–Crippen LogP) is 4.17. The number of anilines is 1. The zero-order valence-corrected chi connectivity index (χ0v) is 17.9. The van der Waals surface area contributed by atoms with Crippen molar-refractivity contribution in [2.45, 2.75) is 18.7 Å². The first-order chi connectivity index (χ1) is 14.1. The van der Waals surface area contributed by atoms with E-state index in [1.54, 1.807) is 11.8 Å². The number of thioether (sulfide) groups is 1. The highest BCUT2D eigenvalue weighted by atomic mass is 32.2. The van der Waals surface area contributed by atoms with E-state index in [1.807, 2.05) is 53.8 Å². The monoisotopic (exact) mass is 406 g/mol. The maximum Gasteiger partial charge on any atom is 0.257 e. The molecule has 0 saturated carbocycles. The van der Waals surface area contributed by atoms with Gasteiger partial charge in [-0.15, -0.1) is 11.8 Å². The Morgan fingerprint density at radius 2 is 1.59 bits per heavy atom. The Bertz CT molecular complexity index is 1010.